The molecule has 2 nitrogen and oxygen atoms in total. The van der Waals surface area contributed by atoms with Gasteiger partial charge in [0.25, 0.3) is 0 Å². The van der Waals surface area contributed by atoms with E-state index >= 15 is 0 Å². The van der Waals surface area contributed by atoms with Crippen molar-refractivity contribution in [3.8, 4) is 0 Å². The molecule has 1 aromatic rings. The molecule has 112 valence electrons. The van der Waals surface area contributed by atoms with Crippen molar-refractivity contribution in [3.63, 3.8) is 0 Å². The van der Waals surface area contributed by atoms with Gasteiger partial charge in [0.05, 0.1) is 0 Å². The van der Waals surface area contributed by atoms with Crippen LogP contribution in [0.2, 0.25) is 0 Å². The van der Waals surface area contributed by atoms with Gasteiger partial charge in [-0.25, -0.2) is 4.39 Å². The topological polar surface area (TPSA) is 15.3 Å². The van der Waals surface area contributed by atoms with Crippen LogP contribution in [0.25, 0.3) is 0 Å². The summed E-state index contributed by atoms with van der Waals surface area (Å²) < 4.78 is 13.1. The lowest BCUT2D eigenvalue weighted by Gasteiger charge is -2.31. The van der Waals surface area contributed by atoms with Gasteiger partial charge in [0.15, 0.2) is 0 Å². The molecule has 0 aliphatic heterocycles. The summed E-state index contributed by atoms with van der Waals surface area (Å²) in [4.78, 5) is 2.23. The second-order valence-electron chi connectivity index (χ2n) is 6.65. The lowest BCUT2D eigenvalue weighted by molar-refractivity contribution is 0.260. The minimum absolute atomic E-state index is 0.156. The van der Waals surface area contributed by atoms with Crippen molar-refractivity contribution < 1.29 is 4.39 Å². The number of hydrogen-bond acceptors (Lipinski definition) is 2. The fourth-order valence-corrected chi connectivity index (χ4v) is 2.68. The fraction of sp³-hybridized carbons (Fsp3) is 0.647. The van der Waals surface area contributed by atoms with Gasteiger partial charge in [-0.2, -0.15) is 0 Å². The molecule has 0 saturated heterocycles. The summed E-state index contributed by atoms with van der Waals surface area (Å²) in [5, 5.41) is 3.82. The molecule has 1 saturated carbocycles. The molecule has 3 heteroatoms. The number of nitrogens with zero attached hydrogens (tertiary/aromatic N) is 1. The van der Waals surface area contributed by atoms with E-state index in [0.29, 0.717) is 23.9 Å². The van der Waals surface area contributed by atoms with Gasteiger partial charge in [-0.05, 0) is 56.5 Å². The maximum Gasteiger partial charge on any atom is 0.123 e. The number of hydrogen-bond donors (Lipinski definition) is 1. The van der Waals surface area contributed by atoms with Crippen LogP contribution in [-0.4, -0.2) is 31.6 Å². The molecule has 2 atom stereocenters. The van der Waals surface area contributed by atoms with Gasteiger partial charge in [0.2, 0.25) is 0 Å². The van der Waals surface area contributed by atoms with Crippen molar-refractivity contribution in [3.05, 3.63) is 35.6 Å². The molecule has 1 aliphatic carbocycles. The molecule has 2 rings (SSSR count). The van der Waals surface area contributed by atoms with Gasteiger partial charge in [-0.1, -0.05) is 26.0 Å². The first-order valence-corrected chi connectivity index (χ1v) is 7.63. The van der Waals surface area contributed by atoms with Crippen molar-refractivity contribution >= 4 is 0 Å². The number of benzene rings is 1. The first-order chi connectivity index (χ1) is 9.47. The average molecular weight is 278 g/mol. The van der Waals surface area contributed by atoms with Crippen molar-refractivity contribution in [2.24, 2.45) is 11.8 Å². The Kier molecular flexibility index (Phi) is 5.17. The molecule has 1 aliphatic rings. The first kappa shape index (κ1) is 15.5. The zero-order chi connectivity index (χ0) is 14.7. The third kappa shape index (κ3) is 4.29. The van der Waals surface area contributed by atoms with E-state index in [1.54, 1.807) is 12.1 Å². The van der Waals surface area contributed by atoms with Gasteiger partial charge in [0, 0.05) is 18.6 Å². The Morgan fingerprint density at radius 1 is 1.20 bits per heavy atom. The highest BCUT2D eigenvalue weighted by Gasteiger charge is 2.34. The van der Waals surface area contributed by atoms with Crippen molar-refractivity contribution in [1.29, 1.82) is 0 Å². The van der Waals surface area contributed by atoms with Crippen molar-refractivity contribution in [2.75, 3.05) is 20.6 Å². The lowest BCUT2D eigenvalue weighted by Crippen LogP contribution is -2.44. The van der Waals surface area contributed by atoms with Crippen LogP contribution in [-0.2, 0) is 0 Å². The molecule has 0 heterocycles. The SMILES string of the molecule is CC(C)C(CN(C)C)NC(c1ccc(F)cc1)C1CC1. The largest absolute Gasteiger partial charge is 0.308 e. The molecule has 0 radical (unpaired) electrons. The van der Waals surface area contributed by atoms with Gasteiger partial charge < -0.3 is 10.2 Å². The second-order valence-corrected chi connectivity index (χ2v) is 6.65. The highest BCUT2D eigenvalue weighted by Crippen LogP contribution is 2.41. The predicted octanol–water partition coefficient (Wildman–Crippen LogP) is 3.45. The molecule has 1 N–H and O–H groups in total. The maximum atomic E-state index is 13.1. The van der Waals surface area contributed by atoms with Crippen LogP contribution in [0.5, 0.6) is 0 Å². The van der Waals surface area contributed by atoms with E-state index in [2.05, 4.69) is 38.2 Å². The molecule has 20 heavy (non-hydrogen) atoms. The van der Waals surface area contributed by atoms with Crippen LogP contribution in [0.4, 0.5) is 4.39 Å². The standard InChI is InChI=1S/C17H27FN2/c1-12(2)16(11-20(3)4)19-17(13-5-6-13)14-7-9-15(18)10-8-14/h7-10,12-13,16-17,19H,5-6,11H2,1-4H3. The molecule has 0 bridgehead atoms. The molecular weight excluding hydrogens is 251 g/mol. The van der Waals surface area contributed by atoms with Gasteiger partial charge >= 0.3 is 0 Å². The Morgan fingerprint density at radius 3 is 2.25 bits per heavy atom. The molecule has 0 aromatic heterocycles. The Balaban J connectivity index is 2.10. The summed E-state index contributed by atoms with van der Waals surface area (Å²) in [5.41, 5.74) is 1.22. The summed E-state index contributed by atoms with van der Waals surface area (Å²) in [5.74, 6) is 1.14. The van der Waals surface area contributed by atoms with Crippen LogP contribution in [0.1, 0.15) is 38.3 Å². The summed E-state index contributed by atoms with van der Waals surface area (Å²) in [7, 11) is 4.22. The van der Waals surface area contributed by atoms with Gasteiger partial charge in [0.1, 0.15) is 5.82 Å². The Labute approximate surface area is 122 Å². The Hall–Kier alpha value is -0.930. The van der Waals surface area contributed by atoms with Crippen LogP contribution < -0.4 is 5.32 Å². The Morgan fingerprint density at radius 2 is 1.80 bits per heavy atom. The summed E-state index contributed by atoms with van der Waals surface area (Å²) in [6.45, 7) is 5.55. The maximum absolute atomic E-state index is 13.1. The third-order valence-corrected chi connectivity index (χ3v) is 4.08. The van der Waals surface area contributed by atoms with Gasteiger partial charge in [-0.15, -0.1) is 0 Å². The van der Waals surface area contributed by atoms with E-state index in [0.717, 1.165) is 6.54 Å². The van der Waals surface area contributed by atoms with E-state index in [-0.39, 0.29) is 5.82 Å². The molecule has 2 unspecified atom stereocenters. The first-order valence-electron chi connectivity index (χ1n) is 7.63. The summed E-state index contributed by atoms with van der Waals surface area (Å²) in [6.07, 6.45) is 2.56. The third-order valence-electron chi connectivity index (χ3n) is 4.08. The normalized spacial score (nSPS) is 18.6. The monoisotopic (exact) mass is 278 g/mol. The second kappa shape index (κ2) is 6.68. The number of nitrogens with one attached hydrogen (secondary N) is 1. The van der Waals surface area contributed by atoms with Crippen LogP contribution in [0.3, 0.4) is 0 Å². The average Bonchev–Trinajstić information content (AvgIpc) is 3.19. The highest BCUT2D eigenvalue weighted by atomic mass is 19.1. The predicted molar refractivity (Wildman–Crippen MR) is 82.2 cm³/mol. The van der Waals surface area contributed by atoms with Crippen LogP contribution >= 0.6 is 0 Å². The molecule has 0 amide bonds. The van der Waals surface area contributed by atoms with Crippen molar-refractivity contribution in [1.82, 2.24) is 10.2 Å². The summed E-state index contributed by atoms with van der Waals surface area (Å²) >= 11 is 0. The molecular formula is C17H27FN2. The number of likely N-dealkylation sites (N-methyl/N-ethyl adjacent to an activating group) is 1. The fourth-order valence-electron chi connectivity index (χ4n) is 2.68. The van der Waals surface area contributed by atoms with Crippen LogP contribution in [0.15, 0.2) is 24.3 Å². The lowest BCUT2D eigenvalue weighted by atomic mass is 9.97. The van der Waals surface area contributed by atoms with Gasteiger partial charge in [-0.3, -0.25) is 0 Å². The minimum Gasteiger partial charge on any atom is -0.308 e. The minimum atomic E-state index is -0.156. The summed E-state index contributed by atoms with van der Waals surface area (Å²) in [6, 6.07) is 7.82. The quantitative estimate of drug-likeness (QED) is 0.822. The number of rotatable bonds is 7. The molecule has 0 spiro atoms. The van der Waals surface area contributed by atoms with Crippen LogP contribution in [0, 0.1) is 17.7 Å². The van der Waals surface area contributed by atoms with E-state index in [9.17, 15) is 4.39 Å². The van der Waals surface area contributed by atoms with E-state index < -0.39 is 0 Å². The Bertz CT molecular complexity index is 410. The molecule has 1 aromatic carbocycles. The van der Waals surface area contributed by atoms with Crippen molar-refractivity contribution in [2.45, 2.75) is 38.8 Å². The van der Waals surface area contributed by atoms with E-state index in [1.165, 1.54) is 18.4 Å². The molecule has 1 fully saturated rings. The van der Waals surface area contributed by atoms with E-state index in [4.69, 9.17) is 0 Å². The zero-order valence-corrected chi connectivity index (χ0v) is 13.1. The number of halogens is 1. The zero-order valence-electron chi connectivity index (χ0n) is 13.1. The smallest absolute Gasteiger partial charge is 0.123 e. The highest BCUT2D eigenvalue weighted by molar-refractivity contribution is 5.22. The van der Waals surface area contributed by atoms with E-state index in [1.807, 2.05) is 12.1 Å².